The number of nitrogens with one attached hydrogen (secondary N) is 2. The number of ether oxygens (including phenoxy) is 1. The normalized spacial score (nSPS) is 27.4. The van der Waals surface area contributed by atoms with E-state index in [1.807, 2.05) is 18.2 Å². The van der Waals surface area contributed by atoms with Crippen LogP contribution in [0, 0.1) is 5.92 Å². The van der Waals surface area contributed by atoms with E-state index < -0.39 is 0 Å². The summed E-state index contributed by atoms with van der Waals surface area (Å²) in [6.07, 6.45) is 2.59. The van der Waals surface area contributed by atoms with Gasteiger partial charge in [-0.1, -0.05) is 6.07 Å². The highest BCUT2D eigenvalue weighted by molar-refractivity contribution is 5.92. The van der Waals surface area contributed by atoms with Crippen molar-refractivity contribution in [2.75, 3.05) is 44.0 Å². The van der Waals surface area contributed by atoms with Crippen molar-refractivity contribution in [3.8, 4) is 0 Å². The fourth-order valence-corrected chi connectivity index (χ4v) is 3.36. The molecule has 4 rings (SSSR count). The third-order valence-electron chi connectivity index (χ3n) is 4.43. The smallest absolute Gasteiger partial charge is 0.250 e. The van der Waals surface area contributed by atoms with Crippen LogP contribution in [-0.4, -0.2) is 50.2 Å². The van der Waals surface area contributed by atoms with Crippen LogP contribution < -0.4 is 10.6 Å². The fourth-order valence-electron chi connectivity index (χ4n) is 3.36. The largest absolute Gasteiger partial charge is 0.381 e. The van der Waals surface area contributed by atoms with Crippen LogP contribution in [0.25, 0.3) is 0 Å². The van der Waals surface area contributed by atoms with E-state index in [-0.39, 0.29) is 12.5 Å². The zero-order valence-corrected chi connectivity index (χ0v) is 12.5. The van der Waals surface area contributed by atoms with E-state index >= 15 is 0 Å². The standard InChI is InChI=1S/C16H23N3O2/c1-21-11-16(20)18-14-4-2-3-13(9-14)17-15-10-19-7-5-12(15)6-8-19/h2-4,9,12,15,17H,5-8,10-11H2,1H3,(H,18,20). The monoisotopic (exact) mass is 289 g/mol. The number of carbonyl (C=O) groups is 1. The average molecular weight is 289 g/mol. The highest BCUT2D eigenvalue weighted by atomic mass is 16.5. The van der Waals surface area contributed by atoms with Gasteiger partial charge in [-0.2, -0.15) is 0 Å². The maximum atomic E-state index is 11.6. The van der Waals surface area contributed by atoms with E-state index in [1.165, 1.54) is 33.0 Å². The summed E-state index contributed by atoms with van der Waals surface area (Å²) >= 11 is 0. The number of carbonyl (C=O) groups excluding carboxylic acids is 1. The number of hydrogen-bond donors (Lipinski definition) is 2. The number of nitrogens with zero attached hydrogens (tertiary/aromatic N) is 1. The van der Waals surface area contributed by atoms with Crippen LogP contribution in [0.4, 0.5) is 11.4 Å². The quantitative estimate of drug-likeness (QED) is 0.867. The number of benzene rings is 1. The van der Waals surface area contributed by atoms with E-state index in [9.17, 15) is 4.79 Å². The molecule has 0 saturated carbocycles. The van der Waals surface area contributed by atoms with Crippen molar-refractivity contribution in [2.45, 2.75) is 18.9 Å². The van der Waals surface area contributed by atoms with Crippen LogP contribution in [0.15, 0.2) is 24.3 Å². The van der Waals surface area contributed by atoms with Gasteiger partial charge in [0.1, 0.15) is 6.61 Å². The molecule has 0 radical (unpaired) electrons. The maximum Gasteiger partial charge on any atom is 0.250 e. The summed E-state index contributed by atoms with van der Waals surface area (Å²) in [5, 5.41) is 6.47. The molecule has 5 nitrogen and oxygen atoms in total. The Kier molecular flexibility index (Phi) is 4.41. The molecule has 2 N–H and O–H groups in total. The summed E-state index contributed by atoms with van der Waals surface area (Å²) in [7, 11) is 1.52. The Bertz CT molecular complexity index is 498. The number of methoxy groups -OCH3 is 1. The molecular weight excluding hydrogens is 266 g/mol. The van der Waals surface area contributed by atoms with Gasteiger partial charge in [0.2, 0.25) is 5.91 Å². The summed E-state index contributed by atoms with van der Waals surface area (Å²) in [6.45, 7) is 3.70. The molecule has 0 aromatic heterocycles. The van der Waals surface area contributed by atoms with Gasteiger partial charge in [0.15, 0.2) is 0 Å². The SMILES string of the molecule is COCC(=O)Nc1cccc(NC2CN3CCC2CC3)c1. The molecule has 1 aromatic carbocycles. The van der Waals surface area contributed by atoms with E-state index in [4.69, 9.17) is 4.74 Å². The first-order chi connectivity index (χ1) is 10.2. The summed E-state index contributed by atoms with van der Waals surface area (Å²) < 4.78 is 4.83. The van der Waals surface area contributed by atoms with Gasteiger partial charge in [0.05, 0.1) is 0 Å². The molecule has 3 heterocycles. The average Bonchev–Trinajstić information content (AvgIpc) is 2.49. The lowest BCUT2D eigenvalue weighted by atomic mass is 9.84. The van der Waals surface area contributed by atoms with Gasteiger partial charge in [-0.05, 0) is 50.0 Å². The minimum absolute atomic E-state index is 0.0807. The summed E-state index contributed by atoms with van der Waals surface area (Å²) in [5.74, 6) is 0.652. The Morgan fingerprint density at radius 3 is 2.76 bits per heavy atom. The highest BCUT2D eigenvalue weighted by Crippen LogP contribution is 2.30. The first-order valence-electron chi connectivity index (χ1n) is 7.62. The van der Waals surface area contributed by atoms with Gasteiger partial charge >= 0.3 is 0 Å². The van der Waals surface area contributed by atoms with Crippen LogP contribution in [0.3, 0.4) is 0 Å². The van der Waals surface area contributed by atoms with Gasteiger partial charge < -0.3 is 20.3 Å². The van der Waals surface area contributed by atoms with Gasteiger partial charge in [0, 0.05) is 31.1 Å². The molecule has 1 aromatic rings. The van der Waals surface area contributed by atoms with Crippen molar-refractivity contribution in [3.05, 3.63) is 24.3 Å². The first-order valence-corrected chi connectivity index (χ1v) is 7.62. The molecule has 2 bridgehead atoms. The van der Waals surface area contributed by atoms with Crippen LogP contribution >= 0.6 is 0 Å². The lowest BCUT2D eigenvalue weighted by Gasteiger charge is -2.45. The second-order valence-corrected chi connectivity index (χ2v) is 5.95. The number of piperidine rings is 3. The van der Waals surface area contributed by atoms with E-state index in [0.717, 1.165) is 23.8 Å². The van der Waals surface area contributed by atoms with Gasteiger partial charge in [0.25, 0.3) is 0 Å². The topological polar surface area (TPSA) is 53.6 Å². The molecule has 3 saturated heterocycles. The zero-order chi connectivity index (χ0) is 14.7. The van der Waals surface area contributed by atoms with Crippen molar-refractivity contribution < 1.29 is 9.53 Å². The fraction of sp³-hybridized carbons (Fsp3) is 0.562. The highest BCUT2D eigenvalue weighted by Gasteiger charge is 2.33. The first kappa shape index (κ1) is 14.4. The maximum absolute atomic E-state index is 11.6. The van der Waals surface area contributed by atoms with Crippen LogP contribution in [0.5, 0.6) is 0 Å². The Labute approximate surface area is 125 Å². The molecule has 3 aliphatic rings. The summed E-state index contributed by atoms with van der Waals surface area (Å²) in [5.41, 5.74) is 1.88. The third-order valence-corrected chi connectivity index (χ3v) is 4.43. The van der Waals surface area contributed by atoms with Crippen molar-refractivity contribution in [1.29, 1.82) is 0 Å². The van der Waals surface area contributed by atoms with Crippen LogP contribution in [0.1, 0.15) is 12.8 Å². The second kappa shape index (κ2) is 6.45. The number of amides is 1. The summed E-state index contributed by atoms with van der Waals surface area (Å²) in [4.78, 5) is 14.1. The van der Waals surface area contributed by atoms with Crippen LogP contribution in [0.2, 0.25) is 0 Å². The molecule has 21 heavy (non-hydrogen) atoms. The molecule has 0 aliphatic carbocycles. The lowest BCUT2D eigenvalue weighted by molar-refractivity contribution is -0.119. The van der Waals surface area contributed by atoms with E-state index in [0.29, 0.717) is 6.04 Å². The predicted octanol–water partition coefficient (Wildman–Crippen LogP) is 1.78. The van der Waals surface area contributed by atoms with Crippen molar-refractivity contribution in [2.24, 2.45) is 5.92 Å². The molecule has 3 fully saturated rings. The van der Waals surface area contributed by atoms with Crippen molar-refractivity contribution in [3.63, 3.8) is 0 Å². The molecular formula is C16H23N3O2. The third kappa shape index (κ3) is 3.54. The summed E-state index contributed by atoms with van der Waals surface area (Å²) in [6, 6.07) is 8.44. The van der Waals surface area contributed by atoms with Gasteiger partial charge in [-0.3, -0.25) is 4.79 Å². The molecule has 5 heteroatoms. The molecule has 1 unspecified atom stereocenters. The number of fused-ring (bicyclic) bond motifs is 3. The Morgan fingerprint density at radius 1 is 1.33 bits per heavy atom. The van der Waals surface area contributed by atoms with Crippen LogP contribution in [-0.2, 0) is 9.53 Å². The number of rotatable bonds is 5. The Hall–Kier alpha value is -1.59. The predicted molar refractivity (Wildman–Crippen MR) is 83.5 cm³/mol. The molecule has 1 atom stereocenters. The number of hydrogen-bond acceptors (Lipinski definition) is 4. The Balaban J connectivity index is 1.62. The van der Waals surface area contributed by atoms with Gasteiger partial charge in [-0.15, -0.1) is 0 Å². The minimum atomic E-state index is -0.127. The Morgan fingerprint density at radius 2 is 2.10 bits per heavy atom. The van der Waals surface area contributed by atoms with Gasteiger partial charge in [-0.25, -0.2) is 0 Å². The molecule has 0 spiro atoms. The minimum Gasteiger partial charge on any atom is -0.381 e. The number of anilines is 2. The zero-order valence-electron chi connectivity index (χ0n) is 12.5. The van der Waals surface area contributed by atoms with Crippen molar-refractivity contribution in [1.82, 2.24) is 4.90 Å². The van der Waals surface area contributed by atoms with E-state index in [2.05, 4.69) is 21.6 Å². The van der Waals surface area contributed by atoms with Crippen molar-refractivity contribution >= 4 is 17.3 Å². The lowest BCUT2D eigenvalue weighted by Crippen LogP contribution is -2.53. The molecule has 3 aliphatic heterocycles. The molecule has 114 valence electrons. The molecule has 1 amide bonds. The second-order valence-electron chi connectivity index (χ2n) is 5.95. The van der Waals surface area contributed by atoms with E-state index in [1.54, 1.807) is 0 Å².